The van der Waals surface area contributed by atoms with E-state index in [1.165, 1.54) is 14.0 Å². The quantitative estimate of drug-likeness (QED) is 0.0345. The Bertz CT molecular complexity index is 2380. The summed E-state index contributed by atoms with van der Waals surface area (Å²) in [6, 6.07) is 0. The van der Waals surface area contributed by atoms with E-state index in [0.29, 0.717) is 50.9 Å². The van der Waals surface area contributed by atoms with Gasteiger partial charge in [-0.15, -0.1) is 0 Å². The maximum atomic E-state index is 14.5. The number of rotatable bonds is 17. The number of fused-ring (bicyclic) bond motifs is 4. The molecule has 0 unspecified atom stereocenters. The molecule has 1 spiro atoms. The molecule has 12 N–H and O–H groups in total. The summed E-state index contributed by atoms with van der Waals surface area (Å²) in [7, 11) is -4.01. The summed E-state index contributed by atoms with van der Waals surface area (Å²) in [6.45, 7) is 13.5. The molecule has 0 aromatic rings. The molecule has 0 aromatic heterocycles. The van der Waals surface area contributed by atoms with Crippen molar-refractivity contribution in [2.45, 2.75) is 253 Å². The van der Waals surface area contributed by atoms with E-state index in [0.717, 1.165) is 18.4 Å². The molecular formula is C54H88O26S. The van der Waals surface area contributed by atoms with E-state index >= 15 is 0 Å². The third-order valence-corrected chi connectivity index (χ3v) is 21.3. The minimum Gasteiger partial charge on any atom is -0.456 e. The lowest BCUT2D eigenvalue weighted by Crippen LogP contribution is -2.68. The molecule has 9 rings (SSSR count). The van der Waals surface area contributed by atoms with Crippen LogP contribution in [0.1, 0.15) is 113 Å². The van der Waals surface area contributed by atoms with E-state index in [1.807, 2.05) is 33.8 Å². The third kappa shape index (κ3) is 10.4. The first-order valence-corrected chi connectivity index (χ1v) is 29.9. The molecule has 0 radical (unpaired) electrons. The number of cyclic esters (lactones) is 1. The van der Waals surface area contributed by atoms with Crippen LogP contribution in [-0.4, -0.2) is 242 Å². The number of ether oxygens (including phenoxy) is 10. The van der Waals surface area contributed by atoms with Crippen LogP contribution in [0.3, 0.4) is 0 Å². The Labute approximate surface area is 471 Å². The number of allylic oxidation sites excluding steroid dienone is 1. The van der Waals surface area contributed by atoms with Crippen LogP contribution in [0.25, 0.3) is 0 Å². The molecule has 26 nitrogen and oxygen atoms in total. The minimum atomic E-state index is -5.19. The molecule has 9 aliphatic rings. The number of carbonyl (C=O) groups excluding carboxylic acids is 1. The second-order valence-corrected chi connectivity index (χ2v) is 27.1. The lowest BCUT2D eigenvalue weighted by atomic mass is 9.40. The largest absolute Gasteiger partial charge is 0.456 e. The van der Waals surface area contributed by atoms with Crippen molar-refractivity contribution in [3.8, 4) is 0 Å². The number of hydrogen-bond donors (Lipinski definition) is 12. The molecule has 5 heterocycles. The molecule has 3 saturated carbocycles. The monoisotopic (exact) mass is 1180 g/mol. The van der Waals surface area contributed by atoms with E-state index in [2.05, 4.69) is 20.8 Å². The van der Waals surface area contributed by atoms with E-state index in [1.54, 1.807) is 0 Å². The van der Waals surface area contributed by atoms with Gasteiger partial charge >= 0.3 is 16.4 Å². The van der Waals surface area contributed by atoms with Gasteiger partial charge in [0.1, 0.15) is 102 Å². The predicted octanol–water partition coefficient (Wildman–Crippen LogP) is -1.40. The van der Waals surface area contributed by atoms with Gasteiger partial charge in [-0.05, 0) is 99.2 Å². The summed E-state index contributed by atoms with van der Waals surface area (Å²) in [5, 5.41) is 125. The Hall–Kier alpha value is -1.72. The molecule has 0 amide bonds. The molecular weight excluding hydrogens is 1100 g/mol. The highest BCUT2D eigenvalue weighted by atomic mass is 32.3. The average molecular weight is 1190 g/mol. The van der Waals surface area contributed by atoms with Crippen molar-refractivity contribution in [3.05, 3.63) is 11.6 Å². The van der Waals surface area contributed by atoms with Crippen LogP contribution in [0.15, 0.2) is 11.6 Å². The van der Waals surface area contributed by atoms with Crippen molar-refractivity contribution in [2.75, 3.05) is 26.9 Å². The maximum absolute atomic E-state index is 14.5. The van der Waals surface area contributed by atoms with Gasteiger partial charge in [0, 0.05) is 7.11 Å². The van der Waals surface area contributed by atoms with Crippen LogP contribution in [-0.2, 0) is 66.7 Å². The second kappa shape index (κ2) is 23.1. The Morgan fingerprint density at radius 3 is 1.90 bits per heavy atom. The van der Waals surface area contributed by atoms with Gasteiger partial charge in [0.25, 0.3) is 0 Å². The highest BCUT2D eigenvalue weighted by Gasteiger charge is 2.85. The van der Waals surface area contributed by atoms with Crippen LogP contribution in [0.5, 0.6) is 0 Å². The van der Waals surface area contributed by atoms with Crippen LogP contribution in [0, 0.1) is 39.4 Å². The zero-order chi connectivity index (χ0) is 59.5. The zero-order valence-electron chi connectivity index (χ0n) is 47.4. The van der Waals surface area contributed by atoms with Gasteiger partial charge in [-0.25, -0.2) is 4.18 Å². The van der Waals surface area contributed by atoms with Gasteiger partial charge < -0.3 is 104 Å². The minimum absolute atomic E-state index is 0.111. The molecule has 0 bridgehead atoms. The van der Waals surface area contributed by atoms with Crippen molar-refractivity contribution < 1.29 is 125 Å². The molecule has 5 aliphatic heterocycles. The van der Waals surface area contributed by atoms with Gasteiger partial charge in [-0.1, -0.05) is 59.6 Å². The first kappa shape index (κ1) is 63.8. The average Bonchev–Trinajstić information content (AvgIpc) is 1.90. The second-order valence-electron chi connectivity index (χ2n) is 26.0. The first-order valence-electron chi connectivity index (χ1n) is 28.5. The SMILES string of the molecule is CO[C@@H]1[C@@H](O)[C@H](O[C@@H]2[C@@H](O)[C@H](O[C@H]3[C@H](O)[C@@H](O)[C@H](O[C@H]4[C@H](O[C@H]5CC[C@]6(C)C7=C[C@H](O)[C@]89C(=O)O[C@@](C)(CCCC(C)C)[C@@]8(O)CC[C@@]9(C)[C@@H]7CC[C@@H]6C5(C)C)OC[C@@H](OS(=O)(=O)O)[C@@H]4O)O[C@@H]3C)O[C@H](CO)[C@H]2O)O[C@H](CO)[C@H]1O. The predicted molar refractivity (Wildman–Crippen MR) is 274 cm³/mol. The summed E-state index contributed by atoms with van der Waals surface area (Å²) in [5.74, 6) is -0.430. The number of esters is 1. The highest BCUT2D eigenvalue weighted by Crippen LogP contribution is 2.77. The Balaban J connectivity index is 0.911. The van der Waals surface area contributed by atoms with E-state index < -0.39 is 198 Å². The van der Waals surface area contributed by atoms with E-state index in [9.17, 15) is 73.9 Å². The topological polar surface area (TPSA) is 396 Å². The fourth-order valence-corrected chi connectivity index (χ4v) is 16.9. The zero-order valence-corrected chi connectivity index (χ0v) is 48.2. The fraction of sp³-hybridized carbons (Fsp3) is 0.944. The molecule has 4 aliphatic carbocycles. The van der Waals surface area contributed by atoms with Crippen molar-refractivity contribution in [2.24, 2.45) is 39.4 Å². The molecule has 28 atom stereocenters. The van der Waals surface area contributed by atoms with Crippen LogP contribution >= 0.6 is 0 Å². The lowest BCUT2D eigenvalue weighted by Gasteiger charge is -2.64. The van der Waals surface area contributed by atoms with Gasteiger partial charge in [0.15, 0.2) is 25.2 Å². The number of carbonyl (C=O) groups is 1. The molecule has 8 fully saturated rings. The van der Waals surface area contributed by atoms with E-state index in [4.69, 9.17) is 51.6 Å². The molecule has 0 aromatic carbocycles. The Morgan fingerprint density at radius 2 is 1.30 bits per heavy atom. The normalized spacial score (nSPS) is 51.7. The van der Waals surface area contributed by atoms with Crippen LogP contribution in [0.4, 0.5) is 0 Å². The lowest BCUT2D eigenvalue weighted by molar-refractivity contribution is -0.389. The maximum Gasteiger partial charge on any atom is 0.397 e. The van der Waals surface area contributed by atoms with Crippen molar-refractivity contribution in [3.63, 3.8) is 0 Å². The van der Waals surface area contributed by atoms with Crippen LogP contribution in [0.2, 0.25) is 0 Å². The van der Waals surface area contributed by atoms with Crippen molar-refractivity contribution in [1.29, 1.82) is 0 Å². The van der Waals surface area contributed by atoms with Gasteiger partial charge in [0.2, 0.25) is 0 Å². The summed E-state index contributed by atoms with van der Waals surface area (Å²) in [5.41, 5.74) is -5.44. The fourth-order valence-electron chi connectivity index (χ4n) is 16.4. The molecule has 81 heavy (non-hydrogen) atoms. The van der Waals surface area contributed by atoms with Gasteiger partial charge in [0.05, 0.1) is 38.1 Å². The van der Waals surface area contributed by atoms with Crippen molar-refractivity contribution >= 4 is 16.4 Å². The van der Waals surface area contributed by atoms with Crippen LogP contribution < -0.4 is 0 Å². The van der Waals surface area contributed by atoms with E-state index in [-0.39, 0.29) is 11.8 Å². The Morgan fingerprint density at radius 1 is 0.704 bits per heavy atom. The standard InChI is InChI=1S/C54H88O26S/c1-23(2)11-10-15-52(8)53(66)18-17-51(7)25-12-13-30-49(4,5)32(14-16-50(30,6)26(25)19-31(57)54(51,53)48(65)79-52)75-47-43(35(60)29(22-71-47)80-81(67,68)69)78-44-37(62)36(61)40(24(3)72-44)76-46-39(64)42(34(59)28(21-56)74-46)77-45-38(63)41(70-9)33(58)27(20-55)73-45/h19,23-25,27-47,55-64,66H,10-18,20-22H2,1-9H3,(H,67,68,69)/t24-,25-,27-,28-,29-,30-,31+,32+,33-,34-,35+,36-,37-,38-,39-,40-,41+,42+,43-,44+,45+,46+,47+,50-,51+,52+,53+,54-/m1/s1. The molecule has 5 saturated heterocycles. The summed E-state index contributed by atoms with van der Waals surface area (Å²) in [4.78, 5) is 14.5. The first-order chi connectivity index (χ1) is 37.8. The number of aliphatic hydroxyl groups excluding tert-OH is 10. The third-order valence-electron chi connectivity index (χ3n) is 20.8. The molecule has 466 valence electrons. The number of aliphatic hydroxyl groups is 11. The number of hydrogen-bond acceptors (Lipinski definition) is 25. The molecule has 27 heteroatoms. The Kier molecular flexibility index (Phi) is 18.2. The summed E-state index contributed by atoms with van der Waals surface area (Å²) >= 11 is 0. The summed E-state index contributed by atoms with van der Waals surface area (Å²) < 4.78 is 97.9. The van der Waals surface area contributed by atoms with Gasteiger partial charge in [-0.2, -0.15) is 8.42 Å². The summed E-state index contributed by atoms with van der Waals surface area (Å²) in [6.07, 6.45) is -27.3. The number of methoxy groups -OCH3 is 1. The van der Waals surface area contributed by atoms with Gasteiger partial charge in [-0.3, -0.25) is 9.35 Å². The smallest absolute Gasteiger partial charge is 0.397 e. The van der Waals surface area contributed by atoms with Crippen molar-refractivity contribution in [1.82, 2.24) is 0 Å². The highest BCUT2D eigenvalue weighted by molar-refractivity contribution is 7.80.